The van der Waals surface area contributed by atoms with Gasteiger partial charge in [0.1, 0.15) is 6.04 Å². The van der Waals surface area contributed by atoms with Gasteiger partial charge in [-0.15, -0.1) is 0 Å². The van der Waals surface area contributed by atoms with E-state index in [4.69, 9.17) is 5.11 Å². The molecule has 0 aliphatic carbocycles. The first-order valence-corrected chi connectivity index (χ1v) is 6.72. The highest BCUT2D eigenvalue weighted by Gasteiger charge is 2.40. The highest BCUT2D eigenvalue weighted by atomic mass is 16.4. The van der Waals surface area contributed by atoms with Crippen LogP contribution in [0.25, 0.3) is 0 Å². The van der Waals surface area contributed by atoms with Gasteiger partial charge in [-0.3, -0.25) is 4.79 Å². The van der Waals surface area contributed by atoms with Crippen LogP contribution in [0.1, 0.15) is 46.0 Å². The molecule has 5 heteroatoms. The molecule has 0 saturated carbocycles. The van der Waals surface area contributed by atoms with E-state index < -0.39 is 18.1 Å². The maximum Gasteiger partial charge on any atom is 0.326 e. The maximum atomic E-state index is 12.3. The van der Waals surface area contributed by atoms with Gasteiger partial charge in [-0.2, -0.15) is 0 Å². The molecule has 0 spiro atoms. The van der Waals surface area contributed by atoms with Crippen molar-refractivity contribution in [2.45, 2.75) is 58.1 Å². The quantitative estimate of drug-likeness (QED) is 0.750. The number of hydrogen-bond donors (Lipinski definition) is 2. The summed E-state index contributed by atoms with van der Waals surface area (Å²) in [6.45, 7) is 4.19. The van der Waals surface area contributed by atoms with Crippen molar-refractivity contribution >= 4 is 11.9 Å². The van der Waals surface area contributed by atoms with Crippen LogP contribution in [0.4, 0.5) is 0 Å². The second-order valence-corrected chi connectivity index (χ2v) is 5.01. The summed E-state index contributed by atoms with van der Waals surface area (Å²) in [4.78, 5) is 24.8. The van der Waals surface area contributed by atoms with E-state index in [1.165, 1.54) is 4.90 Å². The fourth-order valence-corrected chi connectivity index (χ4v) is 2.61. The van der Waals surface area contributed by atoms with Crippen LogP contribution in [0.5, 0.6) is 0 Å². The van der Waals surface area contributed by atoms with E-state index in [0.717, 1.165) is 25.7 Å². The summed E-state index contributed by atoms with van der Waals surface area (Å²) in [5, 5.41) is 18.6. The van der Waals surface area contributed by atoms with Gasteiger partial charge >= 0.3 is 5.97 Å². The number of carboxylic acid groups (broad SMARTS) is 1. The second-order valence-electron chi connectivity index (χ2n) is 5.01. The van der Waals surface area contributed by atoms with Crippen LogP contribution in [0.3, 0.4) is 0 Å². The number of nitrogens with zero attached hydrogens (tertiary/aromatic N) is 1. The molecule has 0 aromatic rings. The summed E-state index contributed by atoms with van der Waals surface area (Å²) >= 11 is 0. The topological polar surface area (TPSA) is 77.8 Å². The molecule has 1 aliphatic rings. The highest BCUT2D eigenvalue weighted by Crippen LogP contribution is 2.24. The lowest BCUT2D eigenvalue weighted by atomic mass is 9.96. The van der Waals surface area contributed by atoms with Crippen molar-refractivity contribution in [1.82, 2.24) is 4.90 Å². The van der Waals surface area contributed by atoms with Gasteiger partial charge in [0.15, 0.2) is 0 Å². The lowest BCUT2D eigenvalue weighted by Crippen LogP contribution is -2.43. The standard InChI is InChI=1S/C13H23NO4/c1-3-5-9(6-4-2)12(16)14-8-10(15)7-11(14)13(17)18/h9-11,15H,3-8H2,1-2H3,(H,17,18)/t10-,11?/m1/s1. The van der Waals surface area contributed by atoms with Crippen molar-refractivity contribution in [3.8, 4) is 0 Å². The van der Waals surface area contributed by atoms with Crippen molar-refractivity contribution in [1.29, 1.82) is 0 Å². The molecule has 0 aromatic heterocycles. The summed E-state index contributed by atoms with van der Waals surface area (Å²) < 4.78 is 0. The summed E-state index contributed by atoms with van der Waals surface area (Å²) in [5.74, 6) is -1.23. The Morgan fingerprint density at radius 3 is 2.28 bits per heavy atom. The normalized spacial score (nSPS) is 23.7. The number of likely N-dealkylation sites (tertiary alicyclic amines) is 1. The molecule has 2 N–H and O–H groups in total. The first-order valence-electron chi connectivity index (χ1n) is 6.72. The number of aliphatic carboxylic acids is 1. The first kappa shape index (κ1) is 15.0. The lowest BCUT2D eigenvalue weighted by Gasteiger charge is -2.26. The Balaban J connectivity index is 2.76. The zero-order valence-electron chi connectivity index (χ0n) is 11.1. The van der Waals surface area contributed by atoms with Crippen molar-refractivity contribution in [3.05, 3.63) is 0 Å². The van der Waals surface area contributed by atoms with Gasteiger partial charge in [-0.05, 0) is 12.8 Å². The number of carbonyl (C=O) groups is 2. The average Bonchev–Trinajstić information content (AvgIpc) is 2.70. The monoisotopic (exact) mass is 257 g/mol. The molecule has 1 unspecified atom stereocenters. The van der Waals surface area contributed by atoms with E-state index in [9.17, 15) is 14.7 Å². The predicted molar refractivity (Wildman–Crippen MR) is 67.1 cm³/mol. The van der Waals surface area contributed by atoms with Gasteiger partial charge < -0.3 is 15.1 Å². The van der Waals surface area contributed by atoms with E-state index in [-0.39, 0.29) is 24.8 Å². The Morgan fingerprint density at radius 1 is 1.28 bits per heavy atom. The smallest absolute Gasteiger partial charge is 0.326 e. The van der Waals surface area contributed by atoms with Crippen LogP contribution in [-0.4, -0.2) is 45.7 Å². The number of carboxylic acids is 1. The molecule has 5 nitrogen and oxygen atoms in total. The highest BCUT2D eigenvalue weighted by molar-refractivity contribution is 5.85. The number of carbonyl (C=O) groups excluding carboxylic acids is 1. The Morgan fingerprint density at radius 2 is 1.83 bits per heavy atom. The third-order valence-electron chi connectivity index (χ3n) is 3.47. The van der Waals surface area contributed by atoms with E-state index >= 15 is 0 Å². The predicted octanol–water partition coefficient (Wildman–Crippen LogP) is 1.25. The van der Waals surface area contributed by atoms with Crippen LogP contribution in [-0.2, 0) is 9.59 Å². The van der Waals surface area contributed by atoms with Crippen molar-refractivity contribution in [3.63, 3.8) is 0 Å². The molecule has 18 heavy (non-hydrogen) atoms. The molecular weight excluding hydrogens is 234 g/mol. The minimum Gasteiger partial charge on any atom is -0.480 e. The fraction of sp³-hybridized carbons (Fsp3) is 0.846. The molecule has 1 heterocycles. The van der Waals surface area contributed by atoms with Gasteiger partial charge in [0.05, 0.1) is 6.10 Å². The van der Waals surface area contributed by atoms with Gasteiger partial charge in [-0.25, -0.2) is 4.79 Å². The molecule has 0 radical (unpaired) electrons. The number of β-amino-alcohol motifs (C(OH)–C–C–N with tert-alkyl or cyclic N) is 1. The van der Waals surface area contributed by atoms with Crippen molar-refractivity contribution in [2.75, 3.05) is 6.54 Å². The SMILES string of the molecule is CCCC(CCC)C(=O)N1C[C@H](O)CC1C(=O)O. The first-order chi connectivity index (χ1) is 8.51. The van der Waals surface area contributed by atoms with Crippen LogP contribution in [0.15, 0.2) is 0 Å². The molecule has 104 valence electrons. The summed E-state index contributed by atoms with van der Waals surface area (Å²) in [6.07, 6.45) is 2.82. The van der Waals surface area contributed by atoms with Gasteiger partial charge in [-0.1, -0.05) is 26.7 Å². The van der Waals surface area contributed by atoms with Crippen LogP contribution < -0.4 is 0 Å². The molecule has 0 aromatic carbocycles. The molecule has 2 atom stereocenters. The lowest BCUT2D eigenvalue weighted by molar-refractivity contribution is -0.150. The Hall–Kier alpha value is -1.10. The van der Waals surface area contributed by atoms with Gasteiger partial charge in [0, 0.05) is 18.9 Å². The minimum atomic E-state index is -1.02. The van der Waals surface area contributed by atoms with Crippen LogP contribution >= 0.6 is 0 Å². The number of aliphatic hydroxyl groups excluding tert-OH is 1. The molecule has 1 rings (SSSR count). The fourth-order valence-electron chi connectivity index (χ4n) is 2.61. The van der Waals surface area contributed by atoms with Gasteiger partial charge in [0.2, 0.25) is 5.91 Å². The summed E-state index contributed by atoms with van der Waals surface area (Å²) in [6, 6.07) is -0.858. The Kier molecular flexibility index (Phi) is 5.59. The number of hydrogen-bond acceptors (Lipinski definition) is 3. The number of aliphatic hydroxyl groups is 1. The van der Waals surface area contributed by atoms with Crippen LogP contribution in [0, 0.1) is 5.92 Å². The third-order valence-corrected chi connectivity index (χ3v) is 3.47. The van der Waals surface area contributed by atoms with Crippen LogP contribution in [0.2, 0.25) is 0 Å². The molecule has 1 amide bonds. The Labute approximate surface area is 108 Å². The number of amides is 1. The zero-order valence-corrected chi connectivity index (χ0v) is 11.1. The van der Waals surface area contributed by atoms with E-state index in [0.29, 0.717) is 0 Å². The Bertz CT molecular complexity index is 299. The summed E-state index contributed by atoms with van der Waals surface area (Å²) in [5.41, 5.74) is 0. The third kappa shape index (κ3) is 3.45. The minimum absolute atomic E-state index is 0.104. The zero-order chi connectivity index (χ0) is 13.7. The maximum absolute atomic E-state index is 12.3. The van der Waals surface area contributed by atoms with E-state index in [1.54, 1.807) is 0 Å². The summed E-state index contributed by atoms with van der Waals surface area (Å²) in [7, 11) is 0. The largest absolute Gasteiger partial charge is 0.480 e. The van der Waals surface area contributed by atoms with Gasteiger partial charge in [0.25, 0.3) is 0 Å². The second kappa shape index (κ2) is 6.73. The van der Waals surface area contributed by atoms with E-state index in [2.05, 4.69) is 0 Å². The number of rotatable bonds is 6. The molecule has 1 fully saturated rings. The van der Waals surface area contributed by atoms with Crippen molar-refractivity contribution in [2.24, 2.45) is 5.92 Å². The molecule has 0 bridgehead atoms. The molecule has 1 saturated heterocycles. The van der Waals surface area contributed by atoms with E-state index in [1.807, 2.05) is 13.8 Å². The average molecular weight is 257 g/mol. The molecular formula is C13H23NO4. The molecule has 1 aliphatic heterocycles. The van der Waals surface area contributed by atoms with Crippen molar-refractivity contribution < 1.29 is 19.8 Å².